The first-order chi connectivity index (χ1) is 16.1. The number of carbonyl (C=O) groups excluding carboxylic acids is 2. The Balaban J connectivity index is 1.47. The molecule has 2 amide bonds. The Hall–Kier alpha value is -3.74. The molecule has 0 unspecified atom stereocenters. The summed E-state index contributed by atoms with van der Waals surface area (Å²) in [6, 6.07) is 16.9. The van der Waals surface area contributed by atoms with Crippen LogP contribution in [-0.2, 0) is 4.79 Å². The van der Waals surface area contributed by atoms with E-state index in [0.717, 1.165) is 31.9 Å². The number of carbonyl (C=O) groups is 2. The van der Waals surface area contributed by atoms with Crippen molar-refractivity contribution in [2.75, 3.05) is 10.6 Å². The van der Waals surface area contributed by atoms with E-state index in [4.69, 9.17) is 0 Å². The smallest absolute Gasteiger partial charge is 0.252 e. The normalized spacial score (nSPS) is 14.5. The second-order valence-corrected chi connectivity index (χ2v) is 8.33. The number of anilines is 3. The summed E-state index contributed by atoms with van der Waals surface area (Å²) in [6.07, 6.45) is 7.67. The van der Waals surface area contributed by atoms with Gasteiger partial charge in [-0.2, -0.15) is 0 Å². The summed E-state index contributed by atoms with van der Waals surface area (Å²) < 4.78 is 13.9. The van der Waals surface area contributed by atoms with Crippen LogP contribution in [0.4, 0.5) is 21.5 Å². The molecule has 4 rings (SSSR count). The lowest BCUT2D eigenvalue weighted by atomic mass is 9.97. The van der Waals surface area contributed by atoms with Crippen LogP contribution in [0.2, 0.25) is 0 Å². The van der Waals surface area contributed by atoms with E-state index >= 15 is 0 Å². The number of hydrogen-bond acceptors (Lipinski definition) is 4. The maximum Gasteiger partial charge on any atom is 0.252 e. The van der Waals surface area contributed by atoms with Crippen molar-refractivity contribution in [1.82, 2.24) is 10.3 Å². The maximum absolute atomic E-state index is 13.9. The summed E-state index contributed by atoms with van der Waals surface area (Å²) in [5.41, 5.74) is 1.91. The van der Waals surface area contributed by atoms with Crippen molar-refractivity contribution in [1.29, 1.82) is 0 Å². The predicted molar refractivity (Wildman–Crippen MR) is 127 cm³/mol. The Kier molecular flexibility index (Phi) is 7.29. The highest BCUT2D eigenvalue weighted by Gasteiger charge is 2.27. The highest BCUT2D eigenvalue weighted by molar-refractivity contribution is 6.01. The molecule has 1 aliphatic rings. The average molecular weight is 447 g/mol. The predicted octanol–water partition coefficient (Wildman–Crippen LogP) is 5.28. The topological polar surface area (TPSA) is 83.1 Å². The molecule has 33 heavy (non-hydrogen) atoms. The number of para-hydroxylation sites is 1. The van der Waals surface area contributed by atoms with Gasteiger partial charge in [0, 0.05) is 23.1 Å². The second-order valence-electron chi connectivity index (χ2n) is 8.33. The van der Waals surface area contributed by atoms with Crippen LogP contribution in [0.25, 0.3) is 0 Å². The van der Waals surface area contributed by atoms with Gasteiger partial charge in [-0.3, -0.25) is 14.6 Å². The molecule has 170 valence electrons. The largest absolute Gasteiger partial charge is 0.353 e. The monoisotopic (exact) mass is 446 g/mol. The van der Waals surface area contributed by atoms with Crippen molar-refractivity contribution in [3.63, 3.8) is 0 Å². The molecule has 1 fully saturated rings. The Labute approximate surface area is 192 Å². The van der Waals surface area contributed by atoms with Crippen LogP contribution in [-0.4, -0.2) is 22.8 Å². The van der Waals surface area contributed by atoms with Gasteiger partial charge in [-0.05, 0) is 48.7 Å². The Morgan fingerprint density at radius 1 is 1.00 bits per heavy atom. The van der Waals surface area contributed by atoms with Gasteiger partial charge in [0.05, 0.1) is 11.9 Å². The fourth-order valence-corrected chi connectivity index (χ4v) is 4.17. The van der Waals surface area contributed by atoms with E-state index < -0.39 is 11.9 Å². The van der Waals surface area contributed by atoms with E-state index in [0.29, 0.717) is 29.3 Å². The fourth-order valence-electron chi connectivity index (χ4n) is 4.17. The van der Waals surface area contributed by atoms with E-state index in [1.54, 1.807) is 24.3 Å². The third kappa shape index (κ3) is 6.16. The number of benzene rings is 2. The number of amides is 2. The minimum atomic E-state index is -0.643. The zero-order chi connectivity index (χ0) is 23.0. The molecule has 0 radical (unpaired) electrons. The van der Waals surface area contributed by atoms with Gasteiger partial charge in [0.15, 0.2) is 5.82 Å². The molecular formula is C26H27FN4O2. The van der Waals surface area contributed by atoms with E-state index in [1.807, 2.05) is 30.3 Å². The molecule has 0 saturated heterocycles. The number of nitrogens with zero attached hydrogens (tertiary/aromatic N) is 1. The van der Waals surface area contributed by atoms with Crippen LogP contribution in [0.5, 0.6) is 0 Å². The first-order valence-electron chi connectivity index (χ1n) is 11.2. The molecule has 0 bridgehead atoms. The molecule has 3 N–H and O–H groups in total. The van der Waals surface area contributed by atoms with Crippen molar-refractivity contribution in [3.05, 3.63) is 84.4 Å². The van der Waals surface area contributed by atoms with Crippen LogP contribution < -0.4 is 16.0 Å². The van der Waals surface area contributed by atoms with Gasteiger partial charge >= 0.3 is 0 Å². The van der Waals surface area contributed by atoms with Gasteiger partial charge in [-0.25, -0.2) is 4.39 Å². The minimum Gasteiger partial charge on any atom is -0.353 e. The lowest BCUT2D eigenvalue weighted by molar-refractivity contribution is -0.118. The number of hydrogen-bond donors (Lipinski definition) is 3. The van der Waals surface area contributed by atoms with Crippen LogP contribution in [0.1, 0.15) is 42.5 Å². The molecule has 2 aromatic carbocycles. The Morgan fingerprint density at radius 3 is 2.52 bits per heavy atom. The molecule has 3 aromatic rings. The van der Waals surface area contributed by atoms with Crippen molar-refractivity contribution in [3.8, 4) is 0 Å². The molecule has 1 heterocycles. The van der Waals surface area contributed by atoms with E-state index in [-0.39, 0.29) is 17.5 Å². The molecule has 7 heteroatoms. The van der Waals surface area contributed by atoms with Crippen LogP contribution >= 0.6 is 0 Å². The molecule has 1 aromatic heterocycles. The summed E-state index contributed by atoms with van der Waals surface area (Å²) in [5, 5.41) is 8.79. The van der Waals surface area contributed by atoms with Crippen LogP contribution in [0.15, 0.2) is 73.1 Å². The SMILES string of the molecule is O=C(N[C@@H](CC1CCCC1)C(=O)Nc1ccccc1)c1cccc(Nc2ccncc2F)c1. The third-order valence-electron chi connectivity index (χ3n) is 5.88. The third-order valence-corrected chi connectivity index (χ3v) is 5.88. The molecule has 1 atom stereocenters. The summed E-state index contributed by atoms with van der Waals surface area (Å²) in [4.78, 5) is 29.8. The van der Waals surface area contributed by atoms with Gasteiger partial charge < -0.3 is 16.0 Å². The number of aromatic nitrogens is 1. The summed E-state index contributed by atoms with van der Waals surface area (Å²) in [6.45, 7) is 0. The van der Waals surface area contributed by atoms with Gasteiger partial charge in [-0.15, -0.1) is 0 Å². The van der Waals surface area contributed by atoms with Gasteiger partial charge in [0.1, 0.15) is 6.04 Å². The maximum atomic E-state index is 13.9. The molecule has 1 saturated carbocycles. The van der Waals surface area contributed by atoms with Crippen LogP contribution in [0, 0.1) is 11.7 Å². The zero-order valence-electron chi connectivity index (χ0n) is 18.3. The Morgan fingerprint density at radius 2 is 1.76 bits per heavy atom. The molecule has 0 spiro atoms. The number of halogens is 1. The van der Waals surface area contributed by atoms with Crippen molar-refractivity contribution in [2.45, 2.75) is 38.1 Å². The Bertz CT molecular complexity index is 1100. The fraction of sp³-hybridized carbons (Fsp3) is 0.269. The standard InChI is InChI=1S/C26H27FN4O2/c27-22-17-28-14-13-23(22)29-21-12-6-9-19(16-21)25(32)31-24(15-18-7-4-5-8-18)26(33)30-20-10-2-1-3-11-20/h1-3,6,9-14,16-18,24H,4-5,7-8,15H2,(H,28,29)(H,30,33)(H,31,32)/t24-/m0/s1. The highest BCUT2D eigenvalue weighted by atomic mass is 19.1. The molecule has 0 aliphatic heterocycles. The lowest BCUT2D eigenvalue weighted by Gasteiger charge is -2.22. The van der Waals surface area contributed by atoms with E-state index in [1.165, 1.54) is 12.3 Å². The van der Waals surface area contributed by atoms with Crippen LogP contribution in [0.3, 0.4) is 0 Å². The van der Waals surface area contributed by atoms with Crippen molar-refractivity contribution in [2.24, 2.45) is 5.92 Å². The van der Waals surface area contributed by atoms with Gasteiger partial charge in [0.25, 0.3) is 5.91 Å². The van der Waals surface area contributed by atoms with Crippen molar-refractivity contribution >= 4 is 28.9 Å². The summed E-state index contributed by atoms with van der Waals surface area (Å²) in [5.74, 6) is -0.643. The number of pyridine rings is 1. The number of nitrogens with one attached hydrogen (secondary N) is 3. The zero-order valence-corrected chi connectivity index (χ0v) is 18.3. The minimum absolute atomic E-state index is 0.227. The first kappa shape index (κ1) is 22.5. The first-order valence-corrected chi connectivity index (χ1v) is 11.2. The molecule has 1 aliphatic carbocycles. The van der Waals surface area contributed by atoms with Gasteiger partial charge in [-0.1, -0.05) is 49.9 Å². The molecular weight excluding hydrogens is 419 g/mol. The van der Waals surface area contributed by atoms with Crippen molar-refractivity contribution < 1.29 is 14.0 Å². The number of rotatable bonds is 8. The lowest BCUT2D eigenvalue weighted by Crippen LogP contribution is -2.44. The van der Waals surface area contributed by atoms with E-state index in [2.05, 4.69) is 20.9 Å². The average Bonchev–Trinajstić information content (AvgIpc) is 3.34. The summed E-state index contributed by atoms with van der Waals surface area (Å²) >= 11 is 0. The summed E-state index contributed by atoms with van der Waals surface area (Å²) in [7, 11) is 0. The quantitative estimate of drug-likeness (QED) is 0.440. The van der Waals surface area contributed by atoms with Gasteiger partial charge in [0.2, 0.25) is 5.91 Å². The van der Waals surface area contributed by atoms with E-state index in [9.17, 15) is 14.0 Å². The highest BCUT2D eigenvalue weighted by Crippen LogP contribution is 2.29. The second kappa shape index (κ2) is 10.7. The molecule has 6 nitrogen and oxygen atoms in total.